The topological polar surface area (TPSA) is 86.7 Å². The molecule has 2 aromatic carbocycles. The van der Waals surface area contributed by atoms with Crippen LogP contribution >= 0.6 is 0 Å². The lowest BCUT2D eigenvalue weighted by molar-refractivity contribution is -0.138. The number of carbonyl (C=O) groups is 4. The highest BCUT2D eigenvalue weighted by molar-refractivity contribution is 6.30. The fourth-order valence-corrected chi connectivity index (χ4v) is 3.25. The minimum atomic E-state index is -0.549. The van der Waals surface area contributed by atoms with E-state index >= 15 is 0 Å². The molecule has 2 aromatic rings. The number of hydrogen-bond acceptors (Lipinski definition) is 6. The third-order valence-corrected chi connectivity index (χ3v) is 4.51. The van der Waals surface area contributed by atoms with Gasteiger partial charge in [0.25, 0.3) is 0 Å². The van der Waals surface area contributed by atoms with Crippen molar-refractivity contribution in [2.75, 3.05) is 13.2 Å². The monoisotopic (exact) mass is 404 g/mol. The minimum Gasteiger partial charge on any atom is -0.463 e. The molecule has 6 nitrogen and oxygen atoms in total. The first-order valence-corrected chi connectivity index (χ1v) is 9.53. The highest BCUT2D eigenvalue weighted by Gasteiger charge is 2.32. The molecular formula is C24H20O6. The van der Waals surface area contributed by atoms with Crippen molar-refractivity contribution in [3.63, 3.8) is 0 Å². The number of esters is 2. The van der Waals surface area contributed by atoms with Crippen LogP contribution < -0.4 is 0 Å². The molecular weight excluding hydrogens is 384 g/mol. The first-order valence-electron chi connectivity index (χ1n) is 9.53. The van der Waals surface area contributed by atoms with Gasteiger partial charge in [-0.2, -0.15) is 0 Å². The second kappa shape index (κ2) is 9.13. The predicted molar refractivity (Wildman–Crippen MR) is 111 cm³/mol. The first-order chi connectivity index (χ1) is 14.5. The van der Waals surface area contributed by atoms with E-state index in [-0.39, 0.29) is 35.9 Å². The molecule has 0 radical (unpaired) electrons. The summed E-state index contributed by atoms with van der Waals surface area (Å²) in [5.74, 6) is -1.75. The Balaban J connectivity index is 2.15. The Labute approximate surface area is 173 Å². The van der Waals surface area contributed by atoms with Gasteiger partial charge in [-0.15, -0.1) is 0 Å². The third-order valence-electron chi connectivity index (χ3n) is 4.51. The molecule has 0 heterocycles. The van der Waals surface area contributed by atoms with Crippen LogP contribution in [0.2, 0.25) is 0 Å². The quantitative estimate of drug-likeness (QED) is 0.461. The number of ether oxygens (including phenoxy) is 2. The molecule has 1 aliphatic rings. The van der Waals surface area contributed by atoms with Crippen LogP contribution in [0.3, 0.4) is 0 Å². The number of hydrogen-bond donors (Lipinski definition) is 0. The zero-order valence-electron chi connectivity index (χ0n) is 16.6. The largest absolute Gasteiger partial charge is 0.463 e. The second-order valence-corrected chi connectivity index (χ2v) is 6.37. The maximum absolute atomic E-state index is 13.2. The Morgan fingerprint density at radius 2 is 1.13 bits per heavy atom. The van der Waals surface area contributed by atoms with E-state index in [0.717, 1.165) is 0 Å². The zero-order valence-corrected chi connectivity index (χ0v) is 16.6. The van der Waals surface area contributed by atoms with Crippen LogP contribution in [-0.2, 0) is 19.1 Å². The molecule has 30 heavy (non-hydrogen) atoms. The summed E-state index contributed by atoms with van der Waals surface area (Å²) in [4.78, 5) is 49.9. The highest BCUT2D eigenvalue weighted by Crippen LogP contribution is 2.33. The van der Waals surface area contributed by atoms with E-state index in [2.05, 4.69) is 0 Å². The van der Waals surface area contributed by atoms with Crippen molar-refractivity contribution < 1.29 is 28.7 Å². The molecule has 3 rings (SSSR count). The van der Waals surface area contributed by atoms with Gasteiger partial charge in [0.1, 0.15) is 0 Å². The average molecular weight is 404 g/mol. The Morgan fingerprint density at radius 1 is 0.733 bits per heavy atom. The molecule has 0 N–H and O–H groups in total. The van der Waals surface area contributed by atoms with E-state index < -0.39 is 11.9 Å². The van der Waals surface area contributed by atoms with Crippen molar-refractivity contribution in [3.05, 3.63) is 81.9 Å². The molecule has 0 unspecified atom stereocenters. The van der Waals surface area contributed by atoms with Gasteiger partial charge in [-0.3, -0.25) is 9.59 Å². The first kappa shape index (κ1) is 20.9. The SMILES string of the molecule is CCOC(=O)/C=C/c1ccc(/C=C/C(=O)OCC)c2c1C(=O)c1ccccc1C2=O. The summed E-state index contributed by atoms with van der Waals surface area (Å²) < 4.78 is 9.77. The molecule has 0 bridgehead atoms. The lowest BCUT2D eigenvalue weighted by atomic mass is 9.79. The molecule has 0 fully saturated rings. The van der Waals surface area contributed by atoms with Crippen molar-refractivity contribution in [1.82, 2.24) is 0 Å². The van der Waals surface area contributed by atoms with Gasteiger partial charge in [-0.25, -0.2) is 9.59 Å². The van der Waals surface area contributed by atoms with Gasteiger partial charge >= 0.3 is 11.9 Å². The smallest absolute Gasteiger partial charge is 0.330 e. The number of carbonyl (C=O) groups excluding carboxylic acids is 4. The normalized spacial score (nSPS) is 12.7. The van der Waals surface area contributed by atoms with E-state index in [9.17, 15) is 19.2 Å². The van der Waals surface area contributed by atoms with E-state index in [1.54, 1.807) is 50.2 Å². The number of ketones is 2. The van der Waals surface area contributed by atoms with E-state index in [4.69, 9.17) is 9.47 Å². The third kappa shape index (κ3) is 4.12. The predicted octanol–water partition coefficient (Wildman–Crippen LogP) is 3.61. The van der Waals surface area contributed by atoms with Crippen LogP contribution in [0.1, 0.15) is 56.8 Å². The van der Waals surface area contributed by atoms with Gasteiger partial charge in [0.2, 0.25) is 0 Å². The van der Waals surface area contributed by atoms with Crippen LogP contribution in [0.15, 0.2) is 48.6 Å². The average Bonchev–Trinajstić information content (AvgIpc) is 2.75. The second-order valence-electron chi connectivity index (χ2n) is 6.37. The van der Waals surface area contributed by atoms with Crippen LogP contribution in [0, 0.1) is 0 Å². The maximum Gasteiger partial charge on any atom is 0.330 e. The zero-order chi connectivity index (χ0) is 21.7. The minimum absolute atomic E-state index is 0.185. The summed E-state index contributed by atoms with van der Waals surface area (Å²) in [6, 6.07) is 9.81. The fraction of sp³-hybridized carbons (Fsp3) is 0.167. The summed E-state index contributed by atoms with van der Waals surface area (Å²) in [5.41, 5.74) is 1.80. The van der Waals surface area contributed by atoms with Gasteiger partial charge in [0.05, 0.1) is 13.2 Å². The molecule has 0 aliphatic heterocycles. The standard InChI is InChI=1S/C24H20O6/c1-3-29-19(25)13-11-15-9-10-16(12-14-20(26)30-4-2)22-21(15)23(27)17-7-5-6-8-18(17)24(22)28/h5-14H,3-4H2,1-2H3/b13-11+,14-12+. The Bertz CT molecular complexity index is 1000. The summed E-state index contributed by atoms with van der Waals surface area (Å²) in [6.45, 7) is 3.84. The molecule has 0 spiro atoms. The molecule has 0 amide bonds. The summed E-state index contributed by atoms with van der Waals surface area (Å²) in [7, 11) is 0. The fourth-order valence-electron chi connectivity index (χ4n) is 3.25. The Hall–Kier alpha value is -3.80. The van der Waals surface area contributed by atoms with Gasteiger partial charge in [-0.05, 0) is 37.1 Å². The van der Waals surface area contributed by atoms with Crippen LogP contribution in [0.25, 0.3) is 12.2 Å². The maximum atomic E-state index is 13.2. The molecule has 0 saturated carbocycles. The van der Waals surface area contributed by atoms with Crippen LogP contribution in [-0.4, -0.2) is 36.7 Å². The van der Waals surface area contributed by atoms with Crippen molar-refractivity contribution in [1.29, 1.82) is 0 Å². The van der Waals surface area contributed by atoms with Gasteiger partial charge < -0.3 is 9.47 Å². The van der Waals surface area contributed by atoms with E-state index in [1.807, 2.05) is 0 Å². The molecule has 6 heteroatoms. The van der Waals surface area contributed by atoms with Crippen molar-refractivity contribution >= 4 is 35.7 Å². The van der Waals surface area contributed by atoms with Gasteiger partial charge in [0, 0.05) is 34.4 Å². The number of rotatable bonds is 6. The lowest BCUT2D eigenvalue weighted by Gasteiger charge is -2.21. The number of benzene rings is 2. The van der Waals surface area contributed by atoms with Crippen LogP contribution in [0.5, 0.6) is 0 Å². The van der Waals surface area contributed by atoms with Crippen LogP contribution in [0.4, 0.5) is 0 Å². The molecule has 0 aromatic heterocycles. The highest BCUT2D eigenvalue weighted by atomic mass is 16.5. The lowest BCUT2D eigenvalue weighted by Crippen LogP contribution is -2.23. The van der Waals surface area contributed by atoms with Gasteiger partial charge in [-0.1, -0.05) is 36.4 Å². The summed E-state index contributed by atoms with van der Waals surface area (Å²) in [6.07, 6.45) is 5.33. The van der Waals surface area contributed by atoms with E-state index in [0.29, 0.717) is 22.3 Å². The van der Waals surface area contributed by atoms with E-state index in [1.165, 1.54) is 24.3 Å². The van der Waals surface area contributed by atoms with Gasteiger partial charge in [0.15, 0.2) is 11.6 Å². The molecule has 0 saturated heterocycles. The molecule has 1 aliphatic carbocycles. The Kier molecular flexibility index (Phi) is 6.37. The summed E-state index contributed by atoms with van der Waals surface area (Å²) >= 11 is 0. The molecule has 0 atom stereocenters. The number of fused-ring (bicyclic) bond motifs is 2. The van der Waals surface area contributed by atoms with Crippen molar-refractivity contribution in [2.24, 2.45) is 0 Å². The Morgan fingerprint density at radius 3 is 1.50 bits per heavy atom. The van der Waals surface area contributed by atoms with Crippen molar-refractivity contribution in [3.8, 4) is 0 Å². The molecule has 152 valence electrons. The summed E-state index contributed by atoms with van der Waals surface area (Å²) in [5, 5.41) is 0. The van der Waals surface area contributed by atoms with Crippen molar-refractivity contribution in [2.45, 2.75) is 13.8 Å².